The van der Waals surface area contributed by atoms with Crippen molar-refractivity contribution in [2.45, 2.75) is 65.8 Å². The SMILES string of the molecule is CCC1CCCCN1C(=O)CCNc1c(C)cc(C)cc1C. The lowest BCUT2D eigenvalue weighted by Crippen LogP contribution is -2.43. The molecule has 1 N–H and O–H groups in total. The molecule has 3 nitrogen and oxygen atoms in total. The van der Waals surface area contributed by atoms with E-state index in [-0.39, 0.29) is 0 Å². The summed E-state index contributed by atoms with van der Waals surface area (Å²) < 4.78 is 0. The number of amides is 1. The predicted octanol–water partition coefficient (Wildman–Crippen LogP) is 4.20. The van der Waals surface area contributed by atoms with Crippen LogP contribution in [0, 0.1) is 20.8 Å². The minimum absolute atomic E-state index is 0.307. The molecule has 1 saturated heterocycles. The van der Waals surface area contributed by atoms with Crippen LogP contribution in [0.1, 0.15) is 55.7 Å². The molecule has 1 unspecified atom stereocenters. The second kappa shape index (κ2) is 7.66. The highest BCUT2D eigenvalue weighted by Gasteiger charge is 2.24. The molecule has 1 aromatic rings. The molecular weight excluding hydrogens is 272 g/mol. The number of aryl methyl sites for hydroxylation is 3. The van der Waals surface area contributed by atoms with Gasteiger partial charge in [-0.3, -0.25) is 4.79 Å². The van der Waals surface area contributed by atoms with E-state index >= 15 is 0 Å². The Morgan fingerprint density at radius 2 is 1.91 bits per heavy atom. The third-order valence-electron chi connectivity index (χ3n) is 4.74. The van der Waals surface area contributed by atoms with Crippen LogP contribution in [0.5, 0.6) is 0 Å². The minimum Gasteiger partial charge on any atom is -0.384 e. The molecule has 0 saturated carbocycles. The van der Waals surface area contributed by atoms with Gasteiger partial charge in [-0.15, -0.1) is 0 Å². The number of likely N-dealkylation sites (tertiary alicyclic amines) is 1. The molecule has 1 aromatic carbocycles. The van der Waals surface area contributed by atoms with Crippen molar-refractivity contribution in [1.82, 2.24) is 4.90 Å². The normalized spacial score (nSPS) is 18.4. The third-order valence-corrected chi connectivity index (χ3v) is 4.74. The first-order valence-electron chi connectivity index (χ1n) is 8.64. The van der Waals surface area contributed by atoms with Crippen molar-refractivity contribution in [2.75, 3.05) is 18.4 Å². The Labute approximate surface area is 135 Å². The summed E-state index contributed by atoms with van der Waals surface area (Å²) in [5, 5.41) is 3.46. The predicted molar refractivity (Wildman–Crippen MR) is 93.4 cm³/mol. The number of carbonyl (C=O) groups excluding carboxylic acids is 1. The topological polar surface area (TPSA) is 32.3 Å². The van der Waals surface area contributed by atoms with Crippen LogP contribution in [0.25, 0.3) is 0 Å². The Balaban J connectivity index is 1.89. The van der Waals surface area contributed by atoms with E-state index in [1.807, 2.05) is 0 Å². The van der Waals surface area contributed by atoms with Crippen molar-refractivity contribution in [3.05, 3.63) is 28.8 Å². The first-order chi connectivity index (χ1) is 10.5. The second-order valence-corrected chi connectivity index (χ2v) is 6.60. The highest BCUT2D eigenvalue weighted by molar-refractivity contribution is 5.77. The van der Waals surface area contributed by atoms with Gasteiger partial charge >= 0.3 is 0 Å². The van der Waals surface area contributed by atoms with Crippen molar-refractivity contribution >= 4 is 11.6 Å². The Bertz CT molecular complexity index is 501. The monoisotopic (exact) mass is 302 g/mol. The zero-order chi connectivity index (χ0) is 16.1. The number of nitrogens with zero attached hydrogens (tertiary/aromatic N) is 1. The zero-order valence-electron chi connectivity index (χ0n) is 14.5. The van der Waals surface area contributed by atoms with Gasteiger partial charge in [0, 0.05) is 31.2 Å². The Hall–Kier alpha value is -1.51. The number of benzene rings is 1. The van der Waals surface area contributed by atoms with E-state index < -0.39 is 0 Å². The molecule has 0 aromatic heterocycles. The van der Waals surface area contributed by atoms with Gasteiger partial charge < -0.3 is 10.2 Å². The van der Waals surface area contributed by atoms with E-state index in [0.29, 0.717) is 18.4 Å². The van der Waals surface area contributed by atoms with Gasteiger partial charge in [0.2, 0.25) is 5.91 Å². The Morgan fingerprint density at radius 1 is 1.23 bits per heavy atom. The van der Waals surface area contributed by atoms with Crippen LogP contribution >= 0.6 is 0 Å². The van der Waals surface area contributed by atoms with Crippen LogP contribution in [-0.2, 0) is 4.79 Å². The number of hydrogen-bond acceptors (Lipinski definition) is 2. The fourth-order valence-corrected chi connectivity index (χ4v) is 3.65. The average molecular weight is 302 g/mol. The summed E-state index contributed by atoms with van der Waals surface area (Å²) in [4.78, 5) is 14.6. The minimum atomic E-state index is 0.307. The van der Waals surface area contributed by atoms with Gasteiger partial charge in [0.05, 0.1) is 0 Å². The molecule has 1 atom stereocenters. The first kappa shape index (κ1) is 16.9. The highest BCUT2D eigenvalue weighted by atomic mass is 16.2. The van der Waals surface area contributed by atoms with E-state index in [0.717, 1.165) is 25.9 Å². The van der Waals surface area contributed by atoms with Gasteiger partial charge in [-0.1, -0.05) is 24.6 Å². The molecule has 0 aliphatic carbocycles. The van der Waals surface area contributed by atoms with Crippen LogP contribution in [0.4, 0.5) is 5.69 Å². The molecule has 22 heavy (non-hydrogen) atoms. The molecule has 122 valence electrons. The number of anilines is 1. The molecule has 0 spiro atoms. The Kier molecular flexibility index (Phi) is 5.87. The molecule has 3 heteroatoms. The average Bonchev–Trinajstić information content (AvgIpc) is 2.49. The lowest BCUT2D eigenvalue weighted by Gasteiger charge is -2.35. The number of nitrogens with one attached hydrogen (secondary N) is 1. The zero-order valence-corrected chi connectivity index (χ0v) is 14.5. The van der Waals surface area contributed by atoms with Crippen LogP contribution in [0.3, 0.4) is 0 Å². The van der Waals surface area contributed by atoms with Crippen LogP contribution in [-0.4, -0.2) is 29.9 Å². The largest absolute Gasteiger partial charge is 0.384 e. The molecule has 2 rings (SSSR count). The summed E-state index contributed by atoms with van der Waals surface area (Å²) in [6.45, 7) is 10.2. The molecule has 1 amide bonds. The van der Waals surface area contributed by atoms with Gasteiger partial charge in [0.1, 0.15) is 0 Å². The maximum atomic E-state index is 12.5. The van der Waals surface area contributed by atoms with E-state index in [2.05, 4.69) is 50.0 Å². The van der Waals surface area contributed by atoms with Crippen molar-refractivity contribution in [3.63, 3.8) is 0 Å². The molecule has 0 radical (unpaired) electrons. The lowest BCUT2D eigenvalue weighted by atomic mass is 9.99. The third kappa shape index (κ3) is 4.02. The smallest absolute Gasteiger partial charge is 0.224 e. The molecule has 1 heterocycles. The Morgan fingerprint density at radius 3 is 2.55 bits per heavy atom. The number of carbonyl (C=O) groups is 1. The van der Waals surface area contributed by atoms with Gasteiger partial charge in [-0.25, -0.2) is 0 Å². The molecule has 1 aliphatic rings. The van der Waals surface area contributed by atoms with Crippen molar-refractivity contribution < 1.29 is 4.79 Å². The number of rotatable bonds is 5. The summed E-state index contributed by atoms with van der Waals surface area (Å²) in [5.41, 5.74) is 4.99. The quantitative estimate of drug-likeness (QED) is 0.884. The summed E-state index contributed by atoms with van der Waals surface area (Å²) in [6.07, 6.45) is 5.26. The summed E-state index contributed by atoms with van der Waals surface area (Å²) in [7, 11) is 0. The fraction of sp³-hybridized carbons (Fsp3) is 0.632. The fourth-order valence-electron chi connectivity index (χ4n) is 3.65. The van der Waals surface area contributed by atoms with E-state index in [1.54, 1.807) is 0 Å². The number of hydrogen-bond donors (Lipinski definition) is 1. The van der Waals surface area contributed by atoms with Gasteiger partial charge in [-0.2, -0.15) is 0 Å². The molecule has 1 aliphatic heterocycles. The maximum absolute atomic E-state index is 12.5. The molecular formula is C19H30N2O. The lowest BCUT2D eigenvalue weighted by molar-refractivity contribution is -0.134. The summed E-state index contributed by atoms with van der Waals surface area (Å²) in [5.74, 6) is 0.307. The second-order valence-electron chi connectivity index (χ2n) is 6.60. The van der Waals surface area contributed by atoms with Crippen LogP contribution in [0.15, 0.2) is 12.1 Å². The van der Waals surface area contributed by atoms with Crippen LogP contribution < -0.4 is 5.32 Å². The van der Waals surface area contributed by atoms with Gasteiger partial charge in [0.25, 0.3) is 0 Å². The summed E-state index contributed by atoms with van der Waals surface area (Å²) in [6, 6.07) is 4.84. The van der Waals surface area contributed by atoms with E-state index in [4.69, 9.17) is 0 Å². The maximum Gasteiger partial charge on any atom is 0.224 e. The summed E-state index contributed by atoms with van der Waals surface area (Å²) >= 11 is 0. The van der Waals surface area contributed by atoms with Crippen molar-refractivity contribution in [3.8, 4) is 0 Å². The van der Waals surface area contributed by atoms with Gasteiger partial charge in [0.15, 0.2) is 0 Å². The standard InChI is InChI=1S/C19H30N2O/c1-5-17-8-6-7-11-21(17)18(22)9-10-20-19-15(3)12-14(2)13-16(19)4/h12-13,17,20H,5-11H2,1-4H3. The van der Waals surface area contributed by atoms with Crippen molar-refractivity contribution in [1.29, 1.82) is 0 Å². The first-order valence-corrected chi connectivity index (χ1v) is 8.64. The molecule has 1 fully saturated rings. The van der Waals surface area contributed by atoms with E-state index in [1.165, 1.54) is 35.2 Å². The highest BCUT2D eigenvalue weighted by Crippen LogP contribution is 2.23. The van der Waals surface area contributed by atoms with Crippen molar-refractivity contribution in [2.24, 2.45) is 0 Å². The van der Waals surface area contributed by atoms with Crippen LogP contribution in [0.2, 0.25) is 0 Å². The van der Waals surface area contributed by atoms with E-state index in [9.17, 15) is 4.79 Å². The molecule has 0 bridgehead atoms. The number of piperidine rings is 1. The van der Waals surface area contributed by atoms with Gasteiger partial charge in [-0.05, 0) is 57.6 Å².